The molecule has 0 bridgehead atoms. The Labute approximate surface area is 206 Å². The summed E-state index contributed by atoms with van der Waals surface area (Å²) in [5.41, 5.74) is 5.87. The summed E-state index contributed by atoms with van der Waals surface area (Å²) < 4.78 is 5.68. The fraction of sp³-hybridized carbons (Fsp3) is 0.185. The van der Waals surface area contributed by atoms with E-state index in [9.17, 15) is 9.59 Å². The molecule has 0 saturated heterocycles. The summed E-state index contributed by atoms with van der Waals surface area (Å²) in [5, 5.41) is 7.11. The van der Waals surface area contributed by atoms with E-state index in [0.717, 1.165) is 38.9 Å². The van der Waals surface area contributed by atoms with E-state index in [4.69, 9.17) is 4.42 Å². The van der Waals surface area contributed by atoms with Crippen LogP contribution in [0.15, 0.2) is 71.6 Å². The molecule has 1 aliphatic heterocycles. The number of amides is 2. The highest BCUT2D eigenvalue weighted by Crippen LogP contribution is 2.32. The van der Waals surface area contributed by atoms with Crippen molar-refractivity contribution in [1.29, 1.82) is 0 Å². The maximum absolute atomic E-state index is 13.7. The van der Waals surface area contributed by atoms with Gasteiger partial charge in [0, 0.05) is 48.1 Å². The Morgan fingerprint density at radius 3 is 2.81 bits per heavy atom. The Bertz CT molecular complexity index is 1600. The summed E-state index contributed by atoms with van der Waals surface area (Å²) in [6.45, 7) is 0.609. The number of nitrogens with one attached hydrogen (secondary N) is 3. The number of carbonyl (C=O) groups excluding carboxylic acids is 2. The second kappa shape index (κ2) is 8.84. The number of aromatic nitrogens is 3. The SMILES string of the molecule is CNC(=O)[C@H]1Cc2c([nH]c3ccccc23)CN1C(=O)c1ccoc1CNc1ccc2nccnc2c1. The van der Waals surface area contributed by atoms with Gasteiger partial charge in [0.1, 0.15) is 11.8 Å². The standard InChI is InChI=1S/C27H24N6O3/c1-28-26(34)24-13-19-17-4-2-3-5-20(17)32-23(19)15-33(24)27(35)18-8-11-36-25(18)14-31-16-6-7-21-22(12-16)30-10-9-29-21/h2-12,24,31-32H,13-15H2,1H3,(H,28,34)/t24-/m1/s1. The summed E-state index contributed by atoms with van der Waals surface area (Å²) in [5.74, 6) is 0.0555. The average Bonchev–Trinajstić information content (AvgIpc) is 3.54. The van der Waals surface area contributed by atoms with Gasteiger partial charge in [0.2, 0.25) is 5.91 Å². The quantitative estimate of drug-likeness (QED) is 0.354. The molecule has 0 fully saturated rings. The first kappa shape index (κ1) is 21.8. The van der Waals surface area contributed by atoms with Crippen LogP contribution in [-0.2, 0) is 24.3 Å². The summed E-state index contributed by atoms with van der Waals surface area (Å²) in [4.78, 5) is 40.3. The first-order valence-corrected chi connectivity index (χ1v) is 11.7. The molecule has 4 heterocycles. The molecule has 3 N–H and O–H groups in total. The van der Waals surface area contributed by atoms with Crippen LogP contribution in [0.1, 0.15) is 27.4 Å². The number of hydrogen-bond acceptors (Lipinski definition) is 6. The number of fused-ring (bicyclic) bond motifs is 4. The fourth-order valence-corrected chi connectivity index (χ4v) is 4.90. The number of likely N-dealkylation sites (N-methyl/N-ethyl adjacent to an activating group) is 1. The smallest absolute Gasteiger partial charge is 0.258 e. The number of carbonyl (C=O) groups is 2. The van der Waals surface area contributed by atoms with Gasteiger partial charge in [-0.1, -0.05) is 18.2 Å². The molecule has 9 heteroatoms. The molecule has 0 saturated carbocycles. The summed E-state index contributed by atoms with van der Waals surface area (Å²) in [6.07, 6.45) is 5.24. The molecular formula is C27H24N6O3. The first-order chi connectivity index (χ1) is 17.6. The van der Waals surface area contributed by atoms with E-state index in [1.54, 1.807) is 30.4 Å². The van der Waals surface area contributed by atoms with E-state index in [0.29, 0.717) is 30.8 Å². The van der Waals surface area contributed by atoms with Gasteiger partial charge in [0.25, 0.3) is 5.91 Å². The lowest BCUT2D eigenvalue weighted by atomic mass is 9.95. The van der Waals surface area contributed by atoms with E-state index in [-0.39, 0.29) is 11.8 Å². The molecule has 5 aromatic rings. The van der Waals surface area contributed by atoms with E-state index in [2.05, 4.69) is 25.6 Å². The Morgan fingerprint density at radius 1 is 1.11 bits per heavy atom. The van der Waals surface area contributed by atoms with Crippen molar-refractivity contribution in [3.8, 4) is 0 Å². The number of nitrogens with zero attached hydrogens (tertiary/aromatic N) is 3. The third-order valence-electron chi connectivity index (χ3n) is 6.71. The van der Waals surface area contributed by atoms with Crippen LogP contribution in [0.25, 0.3) is 21.9 Å². The van der Waals surface area contributed by atoms with E-state index in [1.807, 2.05) is 42.5 Å². The van der Waals surface area contributed by atoms with Gasteiger partial charge in [0.05, 0.1) is 35.9 Å². The molecule has 180 valence electrons. The Morgan fingerprint density at radius 2 is 1.94 bits per heavy atom. The molecule has 2 aromatic carbocycles. The van der Waals surface area contributed by atoms with Crippen LogP contribution in [0.4, 0.5) is 5.69 Å². The van der Waals surface area contributed by atoms with Crippen molar-refractivity contribution < 1.29 is 14.0 Å². The number of furan rings is 1. The molecule has 36 heavy (non-hydrogen) atoms. The second-order valence-electron chi connectivity index (χ2n) is 8.77. The number of hydrogen-bond donors (Lipinski definition) is 3. The van der Waals surface area contributed by atoms with Gasteiger partial charge < -0.3 is 24.9 Å². The second-order valence-corrected chi connectivity index (χ2v) is 8.77. The van der Waals surface area contributed by atoms with Gasteiger partial charge in [-0.2, -0.15) is 0 Å². The molecule has 6 rings (SSSR count). The van der Waals surface area contributed by atoms with Crippen LogP contribution < -0.4 is 10.6 Å². The highest BCUT2D eigenvalue weighted by atomic mass is 16.3. The van der Waals surface area contributed by atoms with Crippen LogP contribution in [0, 0.1) is 0 Å². The third-order valence-corrected chi connectivity index (χ3v) is 6.71. The Kier molecular flexibility index (Phi) is 5.37. The van der Waals surface area contributed by atoms with Crippen LogP contribution in [0.2, 0.25) is 0 Å². The molecule has 0 spiro atoms. The maximum atomic E-state index is 13.7. The van der Waals surface area contributed by atoms with E-state index in [1.165, 1.54) is 6.26 Å². The monoisotopic (exact) mass is 480 g/mol. The molecule has 9 nitrogen and oxygen atoms in total. The van der Waals surface area contributed by atoms with Gasteiger partial charge >= 0.3 is 0 Å². The van der Waals surface area contributed by atoms with Crippen molar-refractivity contribution >= 4 is 39.4 Å². The van der Waals surface area contributed by atoms with Crippen LogP contribution in [-0.4, -0.2) is 44.8 Å². The predicted octanol–water partition coefficient (Wildman–Crippen LogP) is 3.63. The zero-order valence-electron chi connectivity index (χ0n) is 19.6. The minimum absolute atomic E-state index is 0.195. The van der Waals surface area contributed by atoms with Crippen molar-refractivity contribution in [1.82, 2.24) is 25.2 Å². The van der Waals surface area contributed by atoms with Crippen molar-refractivity contribution in [2.45, 2.75) is 25.6 Å². The zero-order chi connectivity index (χ0) is 24.6. The molecule has 1 aliphatic rings. The van der Waals surface area contributed by atoms with Gasteiger partial charge in [0.15, 0.2) is 0 Å². The number of para-hydroxylation sites is 1. The molecule has 3 aromatic heterocycles. The maximum Gasteiger partial charge on any atom is 0.258 e. The Hall–Kier alpha value is -4.66. The predicted molar refractivity (Wildman–Crippen MR) is 135 cm³/mol. The summed E-state index contributed by atoms with van der Waals surface area (Å²) in [7, 11) is 1.59. The minimum atomic E-state index is -0.621. The number of aromatic amines is 1. The van der Waals surface area contributed by atoms with E-state index >= 15 is 0 Å². The summed E-state index contributed by atoms with van der Waals surface area (Å²) in [6, 6.07) is 14.7. The molecular weight excluding hydrogens is 456 g/mol. The number of benzene rings is 2. The molecule has 0 unspecified atom stereocenters. The fourth-order valence-electron chi connectivity index (χ4n) is 4.90. The number of anilines is 1. The topological polar surface area (TPSA) is 116 Å². The lowest BCUT2D eigenvalue weighted by molar-refractivity contribution is -0.125. The molecule has 0 aliphatic carbocycles. The van der Waals surface area contributed by atoms with Crippen molar-refractivity contribution in [3.63, 3.8) is 0 Å². The number of H-pyrrole nitrogens is 1. The molecule has 0 radical (unpaired) electrons. The van der Waals surface area contributed by atoms with Crippen LogP contribution in [0.5, 0.6) is 0 Å². The highest BCUT2D eigenvalue weighted by Gasteiger charge is 2.37. The van der Waals surface area contributed by atoms with Crippen LogP contribution >= 0.6 is 0 Å². The zero-order valence-corrected chi connectivity index (χ0v) is 19.6. The van der Waals surface area contributed by atoms with Gasteiger partial charge in [-0.15, -0.1) is 0 Å². The van der Waals surface area contributed by atoms with Crippen molar-refractivity contribution in [3.05, 3.63) is 89.8 Å². The minimum Gasteiger partial charge on any atom is -0.467 e. The van der Waals surface area contributed by atoms with Crippen molar-refractivity contribution in [2.24, 2.45) is 0 Å². The van der Waals surface area contributed by atoms with Crippen LogP contribution in [0.3, 0.4) is 0 Å². The van der Waals surface area contributed by atoms with Gasteiger partial charge in [-0.3, -0.25) is 19.6 Å². The number of rotatable bonds is 5. The molecule has 1 atom stereocenters. The lowest BCUT2D eigenvalue weighted by Crippen LogP contribution is -2.52. The third kappa shape index (κ3) is 3.74. The van der Waals surface area contributed by atoms with E-state index < -0.39 is 6.04 Å². The average molecular weight is 481 g/mol. The molecule has 2 amide bonds. The largest absolute Gasteiger partial charge is 0.467 e. The summed E-state index contributed by atoms with van der Waals surface area (Å²) >= 11 is 0. The van der Waals surface area contributed by atoms with Gasteiger partial charge in [-0.05, 0) is 35.9 Å². The Balaban J connectivity index is 1.27. The normalized spacial score (nSPS) is 15.1. The first-order valence-electron chi connectivity index (χ1n) is 11.7. The van der Waals surface area contributed by atoms with Gasteiger partial charge in [-0.25, -0.2) is 0 Å². The lowest BCUT2D eigenvalue weighted by Gasteiger charge is -2.34. The highest BCUT2D eigenvalue weighted by molar-refractivity contribution is 5.99. The van der Waals surface area contributed by atoms with Crippen molar-refractivity contribution in [2.75, 3.05) is 12.4 Å².